The van der Waals surface area contributed by atoms with Gasteiger partial charge in [-0.1, -0.05) is 18.2 Å². The molecule has 2 aromatic rings. The smallest absolute Gasteiger partial charge is 0.238 e. The maximum Gasteiger partial charge on any atom is 0.238 e. The molecule has 6 heteroatoms. The predicted molar refractivity (Wildman–Crippen MR) is 103 cm³/mol. The van der Waals surface area contributed by atoms with Gasteiger partial charge < -0.3 is 15.4 Å². The zero-order chi connectivity index (χ0) is 18.6. The minimum absolute atomic E-state index is 0.0574. The minimum atomic E-state index is -0.0574. The van der Waals surface area contributed by atoms with Crippen LogP contribution < -0.4 is 15.4 Å². The van der Waals surface area contributed by atoms with Crippen LogP contribution in [0.4, 0.5) is 5.69 Å². The molecule has 0 aliphatic carbocycles. The summed E-state index contributed by atoms with van der Waals surface area (Å²) in [6, 6.07) is 17.3. The average molecular weight is 365 g/mol. The topological polar surface area (TPSA) is 70.7 Å². The van der Waals surface area contributed by atoms with Crippen molar-refractivity contribution in [3.8, 4) is 11.5 Å². The van der Waals surface area contributed by atoms with E-state index in [4.69, 9.17) is 4.74 Å². The fourth-order valence-corrected chi connectivity index (χ4v) is 3.83. The molecule has 2 aromatic carbocycles. The predicted octanol–water partition coefficient (Wildman–Crippen LogP) is 2.77. The third kappa shape index (κ3) is 4.28. The monoisotopic (exact) mass is 365 g/mol. The summed E-state index contributed by atoms with van der Waals surface area (Å²) in [6.07, 6.45) is 2.50. The first-order valence-corrected chi connectivity index (χ1v) is 9.32. The molecule has 2 fully saturated rings. The van der Waals surface area contributed by atoms with Crippen LogP contribution in [-0.4, -0.2) is 41.9 Å². The lowest BCUT2D eigenvalue weighted by Gasteiger charge is -2.26. The largest absolute Gasteiger partial charge is 0.457 e. The third-order valence-electron chi connectivity index (χ3n) is 5.17. The lowest BCUT2D eigenvalue weighted by Crippen LogP contribution is -2.42. The average Bonchev–Trinajstić information content (AvgIpc) is 2.95. The number of benzene rings is 2. The van der Waals surface area contributed by atoms with Gasteiger partial charge >= 0.3 is 0 Å². The molecule has 27 heavy (non-hydrogen) atoms. The molecule has 140 valence electrons. The standard InChI is InChI=1S/C21H23N3O3/c25-20-12-16-8-9-17(13-22-20)24(16)14-21(26)23-15-6-10-19(11-7-15)27-18-4-2-1-3-5-18/h1-7,10-11,16-17H,8-9,12-14H2,(H,22,25)(H,23,26). The van der Waals surface area contributed by atoms with E-state index in [0.29, 0.717) is 25.3 Å². The summed E-state index contributed by atoms with van der Waals surface area (Å²) in [5, 5.41) is 5.87. The number of hydrogen-bond acceptors (Lipinski definition) is 4. The van der Waals surface area contributed by atoms with Gasteiger partial charge in [-0.3, -0.25) is 14.5 Å². The van der Waals surface area contributed by atoms with Gasteiger partial charge in [0.1, 0.15) is 11.5 Å². The number of anilines is 1. The molecule has 2 heterocycles. The molecule has 2 saturated heterocycles. The van der Waals surface area contributed by atoms with Crippen LogP contribution in [0.3, 0.4) is 0 Å². The first-order chi connectivity index (χ1) is 13.2. The summed E-state index contributed by atoms with van der Waals surface area (Å²) < 4.78 is 5.76. The molecule has 0 spiro atoms. The van der Waals surface area contributed by atoms with Crippen molar-refractivity contribution < 1.29 is 14.3 Å². The summed E-state index contributed by atoms with van der Waals surface area (Å²) in [5.74, 6) is 1.52. The summed E-state index contributed by atoms with van der Waals surface area (Å²) in [7, 11) is 0. The number of nitrogens with zero attached hydrogens (tertiary/aromatic N) is 1. The molecule has 2 unspecified atom stereocenters. The highest BCUT2D eigenvalue weighted by molar-refractivity contribution is 5.92. The van der Waals surface area contributed by atoms with Crippen molar-refractivity contribution in [2.75, 3.05) is 18.4 Å². The van der Waals surface area contributed by atoms with Gasteiger partial charge in [-0.2, -0.15) is 0 Å². The number of amides is 2. The number of hydrogen-bond donors (Lipinski definition) is 2. The number of para-hydroxylation sites is 1. The summed E-state index contributed by atoms with van der Waals surface area (Å²) in [4.78, 5) is 26.4. The third-order valence-corrected chi connectivity index (χ3v) is 5.17. The Hall–Kier alpha value is -2.86. The number of rotatable bonds is 5. The van der Waals surface area contributed by atoms with E-state index in [1.807, 2.05) is 54.6 Å². The van der Waals surface area contributed by atoms with Gasteiger partial charge in [-0.15, -0.1) is 0 Å². The van der Waals surface area contributed by atoms with E-state index in [-0.39, 0.29) is 23.9 Å². The van der Waals surface area contributed by atoms with E-state index < -0.39 is 0 Å². The first-order valence-electron chi connectivity index (χ1n) is 9.32. The molecular weight excluding hydrogens is 342 g/mol. The van der Waals surface area contributed by atoms with E-state index in [1.54, 1.807) is 0 Å². The first kappa shape index (κ1) is 17.5. The van der Waals surface area contributed by atoms with Crippen molar-refractivity contribution in [1.82, 2.24) is 10.2 Å². The highest BCUT2D eigenvalue weighted by atomic mass is 16.5. The second-order valence-corrected chi connectivity index (χ2v) is 7.05. The van der Waals surface area contributed by atoms with E-state index in [9.17, 15) is 9.59 Å². The number of carbonyl (C=O) groups is 2. The van der Waals surface area contributed by atoms with Crippen molar-refractivity contribution in [2.45, 2.75) is 31.3 Å². The van der Waals surface area contributed by atoms with E-state index in [2.05, 4.69) is 15.5 Å². The molecule has 0 aromatic heterocycles. The second kappa shape index (κ2) is 7.80. The van der Waals surface area contributed by atoms with Crippen molar-refractivity contribution in [3.05, 3.63) is 54.6 Å². The molecule has 2 aliphatic heterocycles. The second-order valence-electron chi connectivity index (χ2n) is 7.05. The van der Waals surface area contributed by atoms with Crippen molar-refractivity contribution >= 4 is 17.5 Å². The Morgan fingerprint density at radius 3 is 2.52 bits per heavy atom. The highest BCUT2D eigenvalue weighted by Crippen LogP contribution is 2.28. The van der Waals surface area contributed by atoms with E-state index >= 15 is 0 Å². The maximum absolute atomic E-state index is 12.5. The Kier molecular flexibility index (Phi) is 5.07. The van der Waals surface area contributed by atoms with Crippen LogP contribution in [0.25, 0.3) is 0 Å². The molecule has 2 aliphatic rings. The van der Waals surface area contributed by atoms with E-state index in [0.717, 1.165) is 24.3 Å². The molecule has 0 saturated carbocycles. The van der Waals surface area contributed by atoms with Gasteiger partial charge in [0.05, 0.1) is 6.54 Å². The van der Waals surface area contributed by atoms with Crippen molar-refractivity contribution in [3.63, 3.8) is 0 Å². The Balaban J connectivity index is 1.34. The quantitative estimate of drug-likeness (QED) is 0.855. The molecule has 4 rings (SSSR count). The Bertz CT molecular complexity index is 807. The van der Waals surface area contributed by atoms with Crippen molar-refractivity contribution in [2.24, 2.45) is 0 Å². The zero-order valence-electron chi connectivity index (χ0n) is 15.1. The maximum atomic E-state index is 12.5. The lowest BCUT2D eigenvalue weighted by molar-refractivity contribution is -0.122. The summed E-state index contributed by atoms with van der Waals surface area (Å²) in [5.41, 5.74) is 0.733. The van der Waals surface area contributed by atoms with Gasteiger partial charge in [-0.25, -0.2) is 0 Å². The lowest BCUT2D eigenvalue weighted by atomic mass is 10.1. The SMILES string of the molecule is O=C1CC2CCC(CN1)N2CC(=O)Nc1ccc(Oc2ccccc2)cc1. The van der Waals surface area contributed by atoms with Gasteiger partial charge in [0.15, 0.2) is 0 Å². The van der Waals surface area contributed by atoms with Crippen LogP contribution in [-0.2, 0) is 9.59 Å². The van der Waals surface area contributed by atoms with Crippen LogP contribution in [0.1, 0.15) is 19.3 Å². The molecule has 6 nitrogen and oxygen atoms in total. The van der Waals surface area contributed by atoms with Crippen LogP contribution in [0.5, 0.6) is 11.5 Å². The van der Waals surface area contributed by atoms with Crippen LogP contribution in [0.15, 0.2) is 54.6 Å². The van der Waals surface area contributed by atoms with Gasteiger partial charge in [0, 0.05) is 30.7 Å². The summed E-state index contributed by atoms with van der Waals surface area (Å²) in [6.45, 7) is 0.945. The molecule has 2 amide bonds. The number of fused-ring (bicyclic) bond motifs is 2. The van der Waals surface area contributed by atoms with Crippen molar-refractivity contribution in [1.29, 1.82) is 0 Å². The van der Waals surface area contributed by atoms with Crippen LogP contribution >= 0.6 is 0 Å². The van der Waals surface area contributed by atoms with Crippen LogP contribution in [0, 0.1) is 0 Å². The molecule has 2 N–H and O–H groups in total. The van der Waals surface area contributed by atoms with Gasteiger partial charge in [0.25, 0.3) is 0 Å². The van der Waals surface area contributed by atoms with E-state index in [1.165, 1.54) is 0 Å². The number of carbonyl (C=O) groups excluding carboxylic acids is 2. The fraction of sp³-hybridized carbons (Fsp3) is 0.333. The molecular formula is C21H23N3O3. The van der Waals surface area contributed by atoms with Gasteiger partial charge in [0.2, 0.25) is 11.8 Å². The zero-order valence-corrected chi connectivity index (χ0v) is 15.1. The Morgan fingerprint density at radius 1 is 1.04 bits per heavy atom. The number of nitrogens with one attached hydrogen (secondary N) is 2. The number of ether oxygens (including phenoxy) is 1. The molecule has 2 atom stereocenters. The Morgan fingerprint density at radius 2 is 1.74 bits per heavy atom. The minimum Gasteiger partial charge on any atom is -0.457 e. The Labute approximate surface area is 158 Å². The molecule has 2 bridgehead atoms. The van der Waals surface area contributed by atoms with Crippen LogP contribution in [0.2, 0.25) is 0 Å². The molecule has 0 radical (unpaired) electrons. The van der Waals surface area contributed by atoms with Gasteiger partial charge in [-0.05, 0) is 49.2 Å². The normalized spacial score (nSPS) is 22.0. The fourth-order valence-electron chi connectivity index (χ4n) is 3.83. The summed E-state index contributed by atoms with van der Waals surface area (Å²) >= 11 is 0. The highest BCUT2D eigenvalue weighted by Gasteiger charge is 2.38.